The topological polar surface area (TPSA) is 63.5 Å². The van der Waals surface area contributed by atoms with Crippen molar-refractivity contribution < 1.29 is 19.0 Å². The molecule has 1 aromatic carbocycles. The Hall–Kier alpha value is -2.34. The molecule has 2 aromatic rings. The summed E-state index contributed by atoms with van der Waals surface area (Å²) in [6.07, 6.45) is 2.27. The second-order valence-electron chi connectivity index (χ2n) is 6.15. The zero-order valence-electron chi connectivity index (χ0n) is 13.5. The van der Waals surface area contributed by atoms with Gasteiger partial charge in [-0.2, -0.15) is 0 Å². The molecule has 3 rings (SSSR count). The molecule has 128 valence electrons. The molecular formula is C18H21FN2O3. The SMILES string of the molecule is Cn1cccc1C(=O)NC[C@H]1CC[C@@H](Oc2ccc(F)cc2)[C@@H]1O. The Labute approximate surface area is 140 Å². The van der Waals surface area contributed by atoms with E-state index in [2.05, 4.69) is 5.32 Å². The van der Waals surface area contributed by atoms with E-state index in [1.165, 1.54) is 12.1 Å². The van der Waals surface area contributed by atoms with Crippen molar-refractivity contribution in [2.24, 2.45) is 13.0 Å². The molecule has 1 amide bonds. The van der Waals surface area contributed by atoms with E-state index in [1.54, 1.807) is 22.8 Å². The standard InChI is InChI=1S/C18H21FN2O3/c1-21-10-2-3-15(21)18(23)20-11-12-4-9-16(17(12)22)24-14-7-5-13(19)6-8-14/h2-3,5-8,10,12,16-17,22H,4,9,11H2,1H3,(H,20,23)/t12-,16-,17-/m1/s1. The van der Waals surface area contributed by atoms with E-state index in [0.717, 1.165) is 6.42 Å². The Morgan fingerprint density at radius 2 is 2.08 bits per heavy atom. The van der Waals surface area contributed by atoms with E-state index in [-0.39, 0.29) is 23.7 Å². The highest BCUT2D eigenvalue weighted by Gasteiger charge is 2.36. The zero-order valence-corrected chi connectivity index (χ0v) is 13.5. The molecule has 0 spiro atoms. The Morgan fingerprint density at radius 3 is 2.75 bits per heavy atom. The van der Waals surface area contributed by atoms with Crippen LogP contribution in [0.5, 0.6) is 5.75 Å². The Kier molecular flexibility index (Phi) is 4.85. The summed E-state index contributed by atoms with van der Waals surface area (Å²) in [5, 5.41) is 13.3. The number of hydrogen-bond donors (Lipinski definition) is 2. The average Bonchev–Trinajstić information content (AvgIpc) is 3.14. The highest BCUT2D eigenvalue weighted by atomic mass is 19.1. The van der Waals surface area contributed by atoms with Crippen molar-refractivity contribution in [1.82, 2.24) is 9.88 Å². The monoisotopic (exact) mass is 332 g/mol. The normalized spacial score (nSPS) is 23.2. The number of halogens is 1. The third-order valence-corrected chi connectivity index (χ3v) is 4.49. The van der Waals surface area contributed by atoms with Crippen LogP contribution >= 0.6 is 0 Å². The number of benzene rings is 1. The van der Waals surface area contributed by atoms with Crippen LogP contribution in [0.1, 0.15) is 23.3 Å². The average molecular weight is 332 g/mol. The van der Waals surface area contributed by atoms with Crippen molar-refractivity contribution in [2.45, 2.75) is 25.0 Å². The molecule has 0 aliphatic heterocycles. The lowest BCUT2D eigenvalue weighted by molar-refractivity contribution is 0.0347. The summed E-state index contributed by atoms with van der Waals surface area (Å²) in [7, 11) is 1.81. The van der Waals surface area contributed by atoms with Gasteiger partial charge >= 0.3 is 0 Å². The number of nitrogens with zero attached hydrogens (tertiary/aromatic N) is 1. The van der Waals surface area contributed by atoms with Gasteiger partial charge in [0.05, 0.1) is 6.10 Å². The van der Waals surface area contributed by atoms with E-state index in [4.69, 9.17) is 4.74 Å². The predicted molar refractivity (Wildman–Crippen MR) is 87.3 cm³/mol. The number of rotatable bonds is 5. The number of carbonyl (C=O) groups is 1. The number of aliphatic hydroxyl groups is 1. The molecule has 1 heterocycles. The largest absolute Gasteiger partial charge is 0.488 e. The summed E-state index contributed by atoms with van der Waals surface area (Å²) in [6.45, 7) is 0.397. The van der Waals surface area contributed by atoms with Gasteiger partial charge in [0.15, 0.2) is 0 Å². The van der Waals surface area contributed by atoms with Crippen LogP contribution in [0.15, 0.2) is 42.6 Å². The molecule has 1 saturated carbocycles. The Balaban J connectivity index is 1.52. The van der Waals surface area contributed by atoms with Crippen molar-refractivity contribution in [3.63, 3.8) is 0 Å². The first kappa shape index (κ1) is 16.5. The number of aryl methyl sites for hydroxylation is 1. The summed E-state index contributed by atoms with van der Waals surface area (Å²) < 4.78 is 20.4. The highest BCUT2D eigenvalue weighted by Crippen LogP contribution is 2.29. The maximum absolute atomic E-state index is 12.9. The zero-order chi connectivity index (χ0) is 17.1. The minimum Gasteiger partial charge on any atom is -0.488 e. The van der Waals surface area contributed by atoms with Crippen LogP contribution in [-0.4, -0.2) is 34.3 Å². The predicted octanol–water partition coefficient (Wildman–Crippen LogP) is 2.11. The summed E-state index contributed by atoms with van der Waals surface area (Å²) in [4.78, 5) is 12.1. The lowest BCUT2D eigenvalue weighted by Crippen LogP contribution is -2.37. The van der Waals surface area contributed by atoms with Crippen LogP contribution in [0.2, 0.25) is 0 Å². The smallest absolute Gasteiger partial charge is 0.267 e. The molecule has 0 radical (unpaired) electrons. The first-order valence-corrected chi connectivity index (χ1v) is 8.04. The minimum absolute atomic E-state index is 0.0559. The quantitative estimate of drug-likeness (QED) is 0.881. The molecule has 1 aliphatic rings. The second kappa shape index (κ2) is 7.05. The molecule has 3 atom stereocenters. The molecule has 6 heteroatoms. The van der Waals surface area contributed by atoms with Gasteiger partial charge in [0.25, 0.3) is 5.91 Å². The van der Waals surface area contributed by atoms with E-state index in [1.807, 2.05) is 19.3 Å². The van der Waals surface area contributed by atoms with E-state index in [0.29, 0.717) is 24.4 Å². The van der Waals surface area contributed by atoms with Crippen molar-refractivity contribution in [3.05, 3.63) is 54.1 Å². The summed E-state index contributed by atoms with van der Waals surface area (Å²) in [5.41, 5.74) is 0.585. The van der Waals surface area contributed by atoms with Crippen LogP contribution in [0.4, 0.5) is 4.39 Å². The summed E-state index contributed by atoms with van der Waals surface area (Å²) in [6, 6.07) is 9.31. The van der Waals surface area contributed by atoms with Gasteiger partial charge < -0.3 is 19.7 Å². The first-order valence-electron chi connectivity index (χ1n) is 8.04. The second-order valence-corrected chi connectivity index (χ2v) is 6.15. The number of hydrogen-bond acceptors (Lipinski definition) is 3. The number of nitrogens with one attached hydrogen (secondary N) is 1. The summed E-state index contributed by atoms with van der Waals surface area (Å²) >= 11 is 0. The number of amides is 1. The molecule has 1 aromatic heterocycles. The molecule has 1 aliphatic carbocycles. The molecule has 0 bridgehead atoms. The van der Waals surface area contributed by atoms with Gasteiger partial charge in [0.1, 0.15) is 23.4 Å². The van der Waals surface area contributed by atoms with Crippen LogP contribution < -0.4 is 10.1 Å². The van der Waals surface area contributed by atoms with E-state index >= 15 is 0 Å². The lowest BCUT2D eigenvalue weighted by Gasteiger charge is -2.21. The number of carbonyl (C=O) groups excluding carboxylic acids is 1. The molecular weight excluding hydrogens is 311 g/mol. The number of aromatic nitrogens is 1. The van der Waals surface area contributed by atoms with E-state index in [9.17, 15) is 14.3 Å². The van der Waals surface area contributed by atoms with Crippen molar-refractivity contribution in [2.75, 3.05) is 6.54 Å². The van der Waals surface area contributed by atoms with Crippen molar-refractivity contribution >= 4 is 5.91 Å². The van der Waals surface area contributed by atoms with Crippen LogP contribution in [0.25, 0.3) is 0 Å². The number of aliphatic hydroxyl groups excluding tert-OH is 1. The fraction of sp³-hybridized carbons (Fsp3) is 0.389. The summed E-state index contributed by atoms with van der Waals surface area (Å²) in [5.74, 6) is 0.00167. The molecule has 2 N–H and O–H groups in total. The molecule has 0 saturated heterocycles. The Morgan fingerprint density at radius 1 is 1.33 bits per heavy atom. The van der Waals surface area contributed by atoms with Gasteiger partial charge in [0.2, 0.25) is 0 Å². The molecule has 1 fully saturated rings. The fourth-order valence-electron chi connectivity index (χ4n) is 3.07. The van der Waals surface area contributed by atoms with E-state index < -0.39 is 6.10 Å². The first-order chi connectivity index (χ1) is 11.5. The fourth-order valence-corrected chi connectivity index (χ4v) is 3.07. The number of ether oxygens (including phenoxy) is 1. The van der Waals surface area contributed by atoms with Gasteiger partial charge in [0, 0.05) is 25.7 Å². The van der Waals surface area contributed by atoms with Gasteiger partial charge in [-0.25, -0.2) is 4.39 Å². The Bertz CT molecular complexity index is 699. The van der Waals surface area contributed by atoms with Gasteiger partial charge in [-0.1, -0.05) is 0 Å². The highest BCUT2D eigenvalue weighted by molar-refractivity contribution is 5.92. The van der Waals surface area contributed by atoms with Gasteiger partial charge in [-0.05, 0) is 49.2 Å². The minimum atomic E-state index is -0.663. The van der Waals surface area contributed by atoms with Crippen LogP contribution in [0, 0.1) is 11.7 Å². The molecule has 5 nitrogen and oxygen atoms in total. The van der Waals surface area contributed by atoms with Gasteiger partial charge in [-0.15, -0.1) is 0 Å². The van der Waals surface area contributed by atoms with Crippen molar-refractivity contribution in [3.8, 4) is 5.75 Å². The van der Waals surface area contributed by atoms with Crippen LogP contribution in [-0.2, 0) is 7.05 Å². The van der Waals surface area contributed by atoms with Crippen LogP contribution in [0.3, 0.4) is 0 Å². The van der Waals surface area contributed by atoms with Crippen molar-refractivity contribution in [1.29, 1.82) is 0 Å². The maximum atomic E-state index is 12.9. The lowest BCUT2D eigenvalue weighted by atomic mass is 10.1. The molecule has 0 unspecified atom stereocenters. The molecule has 24 heavy (non-hydrogen) atoms. The third-order valence-electron chi connectivity index (χ3n) is 4.49. The van der Waals surface area contributed by atoms with Gasteiger partial charge in [-0.3, -0.25) is 4.79 Å². The third kappa shape index (κ3) is 3.59. The maximum Gasteiger partial charge on any atom is 0.267 e.